The van der Waals surface area contributed by atoms with Gasteiger partial charge in [0.25, 0.3) is 0 Å². The van der Waals surface area contributed by atoms with Crippen molar-refractivity contribution in [2.45, 2.75) is 62.6 Å². The van der Waals surface area contributed by atoms with Crippen LogP contribution in [0.3, 0.4) is 0 Å². The van der Waals surface area contributed by atoms with Crippen molar-refractivity contribution in [3.05, 3.63) is 28.4 Å². The molecule has 2 fully saturated rings. The van der Waals surface area contributed by atoms with E-state index in [0.717, 1.165) is 31.4 Å². The molecule has 1 saturated heterocycles. The van der Waals surface area contributed by atoms with Gasteiger partial charge in [-0.25, -0.2) is 4.79 Å². The topological polar surface area (TPSA) is 105 Å². The fraction of sp³-hybridized carbons (Fsp3) is 0.733. The van der Waals surface area contributed by atoms with Crippen LogP contribution in [0.2, 0.25) is 0 Å². The Balaban J connectivity index is 1.90. The number of hydrogen-bond donors (Lipinski definition) is 3. The first-order chi connectivity index (χ1) is 10.4. The van der Waals surface area contributed by atoms with Crippen molar-refractivity contribution >= 4 is 0 Å². The third kappa shape index (κ3) is 2.48. The molecule has 0 amide bonds. The highest BCUT2D eigenvalue weighted by atomic mass is 16.6. The maximum absolute atomic E-state index is 12.3. The molecule has 1 aliphatic carbocycles. The molecule has 4 atom stereocenters. The van der Waals surface area contributed by atoms with Gasteiger partial charge in [-0.05, 0) is 25.8 Å². The quantitative estimate of drug-likeness (QED) is 0.720. The van der Waals surface area contributed by atoms with Gasteiger partial charge in [-0.1, -0.05) is 12.8 Å². The maximum atomic E-state index is 12.3. The van der Waals surface area contributed by atoms with Crippen molar-refractivity contribution < 1.29 is 20.1 Å². The lowest BCUT2D eigenvalue weighted by Gasteiger charge is -2.27. The summed E-state index contributed by atoms with van der Waals surface area (Å²) < 4.78 is 6.62. The largest absolute Gasteiger partial charge is 0.394 e. The SMILES string of the molecule is C[C@@]1(O)[C@H](O)[C@@H](CO)O[C@H]1n1ccc(C2CCCC2)nc1=O. The van der Waals surface area contributed by atoms with Crippen LogP contribution in [-0.4, -0.2) is 49.3 Å². The van der Waals surface area contributed by atoms with E-state index in [1.165, 1.54) is 11.5 Å². The third-order valence-electron chi connectivity index (χ3n) is 4.81. The van der Waals surface area contributed by atoms with Crippen molar-refractivity contribution in [3.63, 3.8) is 0 Å². The molecule has 22 heavy (non-hydrogen) atoms. The highest BCUT2D eigenvalue weighted by Gasteiger charge is 2.53. The zero-order chi connectivity index (χ0) is 15.9. The van der Waals surface area contributed by atoms with Crippen molar-refractivity contribution in [1.29, 1.82) is 0 Å². The van der Waals surface area contributed by atoms with Crippen LogP contribution in [0.1, 0.15) is 50.4 Å². The lowest BCUT2D eigenvalue weighted by Crippen LogP contribution is -2.46. The van der Waals surface area contributed by atoms with E-state index in [9.17, 15) is 20.1 Å². The van der Waals surface area contributed by atoms with Crippen LogP contribution in [0.15, 0.2) is 17.1 Å². The Labute approximate surface area is 128 Å². The van der Waals surface area contributed by atoms with Crippen molar-refractivity contribution in [2.24, 2.45) is 0 Å². The van der Waals surface area contributed by atoms with Gasteiger partial charge in [0.1, 0.15) is 17.8 Å². The smallest absolute Gasteiger partial charge is 0.350 e. The molecule has 0 aromatic carbocycles. The lowest BCUT2D eigenvalue weighted by atomic mass is 9.96. The number of ether oxygens (including phenoxy) is 1. The van der Waals surface area contributed by atoms with Gasteiger partial charge < -0.3 is 20.1 Å². The molecule has 7 nitrogen and oxygen atoms in total. The average molecular weight is 310 g/mol. The molecule has 2 aliphatic rings. The second kappa shape index (κ2) is 5.73. The summed E-state index contributed by atoms with van der Waals surface area (Å²) in [4.78, 5) is 16.4. The molecule has 3 rings (SSSR count). The van der Waals surface area contributed by atoms with E-state index in [4.69, 9.17) is 4.74 Å². The Kier molecular flexibility index (Phi) is 4.07. The summed E-state index contributed by atoms with van der Waals surface area (Å²) in [6.45, 7) is 0.950. The predicted molar refractivity (Wildman–Crippen MR) is 77.3 cm³/mol. The van der Waals surface area contributed by atoms with E-state index in [1.54, 1.807) is 12.3 Å². The molecular formula is C15H22N2O5. The van der Waals surface area contributed by atoms with Gasteiger partial charge in [-0.3, -0.25) is 4.57 Å². The van der Waals surface area contributed by atoms with Crippen molar-refractivity contribution in [3.8, 4) is 0 Å². The summed E-state index contributed by atoms with van der Waals surface area (Å²) in [6, 6.07) is 1.77. The molecule has 7 heteroatoms. The van der Waals surface area contributed by atoms with Crippen LogP contribution in [0.25, 0.3) is 0 Å². The Hall–Kier alpha value is -1.28. The maximum Gasteiger partial charge on any atom is 0.350 e. The Morgan fingerprint density at radius 1 is 1.45 bits per heavy atom. The first-order valence-electron chi connectivity index (χ1n) is 7.71. The average Bonchev–Trinajstić information content (AvgIpc) is 3.09. The van der Waals surface area contributed by atoms with Crippen LogP contribution >= 0.6 is 0 Å². The van der Waals surface area contributed by atoms with Gasteiger partial charge in [0, 0.05) is 12.1 Å². The van der Waals surface area contributed by atoms with Gasteiger partial charge >= 0.3 is 5.69 Å². The molecule has 1 saturated carbocycles. The van der Waals surface area contributed by atoms with E-state index in [-0.39, 0.29) is 0 Å². The molecule has 1 aliphatic heterocycles. The minimum atomic E-state index is -1.67. The summed E-state index contributed by atoms with van der Waals surface area (Å²) in [5, 5.41) is 29.6. The first-order valence-corrected chi connectivity index (χ1v) is 7.71. The van der Waals surface area contributed by atoms with Gasteiger partial charge in [0.05, 0.1) is 12.3 Å². The second-order valence-corrected chi connectivity index (χ2v) is 6.40. The number of aliphatic hydroxyl groups excluding tert-OH is 2. The number of hydrogen-bond acceptors (Lipinski definition) is 6. The highest BCUT2D eigenvalue weighted by molar-refractivity contribution is 5.09. The van der Waals surface area contributed by atoms with Crippen molar-refractivity contribution in [1.82, 2.24) is 9.55 Å². The normalized spacial score (nSPS) is 36.1. The monoisotopic (exact) mass is 310 g/mol. The van der Waals surface area contributed by atoms with E-state index in [2.05, 4.69) is 4.98 Å². The minimum Gasteiger partial charge on any atom is -0.394 e. The fourth-order valence-corrected chi connectivity index (χ4v) is 3.44. The van der Waals surface area contributed by atoms with E-state index in [1.807, 2.05) is 0 Å². The van der Waals surface area contributed by atoms with Crippen molar-refractivity contribution in [2.75, 3.05) is 6.61 Å². The van der Waals surface area contributed by atoms with Gasteiger partial charge in [0.15, 0.2) is 6.23 Å². The van der Waals surface area contributed by atoms with E-state index in [0.29, 0.717) is 5.92 Å². The summed E-state index contributed by atoms with van der Waals surface area (Å²) >= 11 is 0. The molecule has 1 aromatic rings. The predicted octanol–water partition coefficient (Wildman–Crippen LogP) is -0.0975. The zero-order valence-electron chi connectivity index (χ0n) is 12.6. The van der Waals surface area contributed by atoms with Gasteiger partial charge in [0.2, 0.25) is 0 Å². The van der Waals surface area contributed by atoms with Gasteiger partial charge in [-0.2, -0.15) is 4.98 Å². The van der Waals surface area contributed by atoms with Crippen LogP contribution in [-0.2, 0) is 4.74 Å². The molecule has 0 spiro atoms. The second-order valence-electron chi connectivity index (χ2n) is 6.40. The summed E-state index contributed by atoms with van der Waals surface area (Å²) in [5.41, 5.74) is -1.41. The molecule has 122 valence electrons. The molecule has 0 bridgehead atoms. The first kappa shape index (κ1) is 15.6. The molecule has 0 unspecified atom stereocenters. The minimum absolute atomic E-state index is 0.322. The molecule has 2 heterocycles. The number of nitrogens with zero attached hydrogens (tertiary/aromatic N) is 2. The molecule has 1 aromatic heterocycles. The van der Waals surface area contributed by atoms with Gasteiger partial charge in [-0.15, -0.1) is 0 Å². The zero-order valence-corrected chi connectivity index (χ0v) is 12.6. The highest BCUT2D eigenvalue weighted by Crippen LogP contribution is 2.37. The van der Waals surface area contributed by atoms with E-state index >= 15 is 0 Å². The molecule has 0 radical (unpaired) electrons. The van der Waals surface area contributed by atoms with Crippen LogP contribution in [0, 0.1) is 0 Å². The standard InChI is InChI=1S/C15H22N2O5/c1-15(21)12(19)11(8-18)22-13(15)17-7-6-10(16-14(17)20)9-4-2-3-5-9/h6-7,9,11-13,18-19,21H,2-5,8H2,1H3/t11-,12-,13-,15-/m1/s1. The summed E-state index contributed by atoms with van der Waals surface area (Å²) in [6.07, 6.45) is 2.66. The number of rotatable bonds is 3. The Morgan fingerprint density at radius 3 is 2.68 bits per heavy atom. The van der Waals surface area contributed by atoms with Crippen LogP contribution < -0.4 is 5.69 Å². The molecule has 3 N–H and O–H groups in total. The number of aliphatic hydroxyl groups is 3. The Bertz CT molecular complexity index is 594. The lowest BCUT2D eigenvalue weighted by molar-refractivity contribution is -0.0987. The Morgan fingerprint density at radius 2 is 2.14 bits per heavy atom. The van der Waals surface area contributed by atoms with Crippen LogP contribution in [0.4, 0.5) is 0 Å². The molecular weight excluding hydrogens is 288 g/mol. The number of aromatic nitrogens is 2. The van der Waals surface area contributed by atoms with Crippen LogP contribution in [0.5, 0.6) is 0 Å². The summed E-state index contributed by atoms with van der Waals surface area (Å²) in [7, 11) is 0. The van der Waals surface area contributed by atoms with E-state index < -0.39 is 36.3 Å². The summed E-state index contributed by atoms with van der Waals surface area (Å²) in [5.74, 6) is 0.322. The third-order valence-corrected chi connectivity index (χ3v) is 4.81. The fourth-order valence-electron chi connectivity index (χ4n) is 3.44.